The molecule has 2 unspecified atom stereocenters. The predicted octanol–water partition coefficient (Wildman–Crippen LogP) is 4.68. The van der Waals surface area contributed by atoms with Gasteiger partial charge >= 0.3 is 0 Å². The number of hydrogen-bond acceptors (Lipinski definition) is 9. The number of nitrogens with zero attached hydrogens (tertiary/aromatic N) is 3. The zero-order valence-corrected chi connectivity index (χ0v) is 23.8. The lowest BCUT2D eigenvalue weighted by atomic mass is 10.1. The molecule has 3 aromatic rings. The SMILES string of the molecule is CCC(SC1=Nc2ccccc2C2=NC(CCC(=O)NCc3cccs3)C(=O)N12)C(=O)Nc1ccc2c(c1)OCO2. The van der Waals surface area contributed by atoms with Crippen LogP contribution in [0.4, 0.5) is 11.4 Å². The highest BCUT2D eigenvalue weighted by atomic mass is 32.2. The molecule has 2 N–H and O–H groups in total. The van der Waals surface area contributed by atoms with Gasteiger partial charge < -0.3 is 20.1 Å². The first-order valence-corrected chi connectivity index (χ1v) is 15.0. The largest absolute Gasteiger partial charge is 0.454 e. The highest BCUT2D eigenvalue weighted by molar-refractivity contribution is 8.15. The highest BCUT2D eigenvalue weighted by Gasteiger charge is 2.42. The van der Waals surface area contributed by atoms with Crippen LogP contribution in [0.2, 0.25) is 0 Å². The molecule has 3 amide bonds. The van der Waals surface area contributed by atoms with E-state index < -0.39 is 11.3 Å². The number of amides is 3. The number of thioether (sulfide) groups is 1. The van der Waals surface area contributed by atoms with Gasteiger partial charge in [0.15, 0.2) is 16.7 Å². The van der Waals surface area contributed by atoms with Gasteiger partial charge in [-0.2, -0.15) is 0 Å². The lowest BCUT2D eigenvalue weighted by Gasteiger charge is -2.27. The lowest BCUT2D eigenvalue weighted by Crippen LogP contribution is -2.42. The third-order valence-corrected chi connectivity index (χ3v) is 8.98. The van der Waals surface area contributed by atoms with Gasteiger partial charge in [-0.05, 0) is 48.6 Å². The monoisotopic (exact) mass is 589 g/mol. The molecule has 210 valence electrons. The number of aliphatic imine (C=N–C) groups is 2. The fraction of sp³-hybridized carbons (Fsp3) is 0.276. The maximum Gasteiger partial charge on any atom is 0.259 e. The van der Waals surface area contributed by atoms with Crippen LogP contribution in [0, 0.1) is 0 Å². The van der Waals surface area contributed by atoms with Gasteiger partial charge in [-0.3, -0.25) is 19.4 Å². The number of thiophene rings is 1. The molecule has 6 rings (SSSR count). The van der Waals surface area contributed by atoms with Crippen LogP contribution in [0.1, 0.15) is 36.6 Å². The van der Waals surface area contributed by atoms with E-state index in [1.54, 1.807) is 29.5 Å². The van der Waals surface area contributed by atoms with Crippen LogP contribution < -0.4 is 20.1 Å². The molecule has 2 aromatic carbocycles. The van der Waals surface area contributed by atoms with E-state index in [9.17, 15) is 14.4 Å². The van der Waals surface area contributed by atoms with Gasteiger partial charge in [-0.15, -0.1) is 11.3 Å². The molecule has 0 saturated heterocycles. The quantitative estimate of drug-likeness (QED) is 0.374. The Labute approximate surface area is 244 Å². The summed E-state index contributed by atoms with van der Waals surface area (Å²) in [6, 6.07) is 15.9. The van der Waals surface area contributed by atoms with E-state index >= 15 is 0 Å². The maximum absolute atomic E-state index is 13.6. The van der Waals surface area contributed by atoms with Crippen LogP contribution in [0.15, 0.2) is 70.0 Å². The molecule has 1 aromatic heterocycles. The molecule has 3 aliphatic heterocycles. The van der Waals surface area contributed by atoms with Gasteiger partial charge in [0.05, 0.1) is 17.5 Å². The van der Waals surface area contributed by atoms with Gasteiger partial charge in [-0.25, -0.2) is 9.89 Å². The minimum atomic E-state index is -0.711. The summed E-state index contributed by atoms with van der Waals surface area (Å²) in [5.41, 5.74) is 2.01. The summed E-state index contributed by atoms with van der Waals surface area (Å²) in [6.07, 6.45) is 0.949. The fourth-order valence-corrected chi connectivity index (χ4v) is 6.34. The number of anilines is 1. The third-order valence-electron chi connectivity index (χ3n) is 6.78. The van der Waals surface area contributed by atoms with Gasteiger partial charge in [0.25, 0.3) is 5.91 Å². The van der Waals surface area contributed by atoms with E-state index in [2.05, 4.69) is 10.6 Å². The molecule has 0 spiro atoms. The average Bonchev–Trinajstić information content (AvgIpc) is 3.74. The summed E-state index contributed by atoms with van der Waals surface area (Å²) in [6.45, 7) is 2.52. The molecule has 3 aliphatic rings. The van der Waals surface area contributed by atoms with Gasteiger partial charge in [-0.1, -0.05) is 36.9 Å². The average molecular weight is 590 g/mol. The summed E-state index contributed by atoms with van der Waals surface area (Å²) in [5, 5.41) is 7.67. The smallest absolute Gasteiger partial charge is 0.259 e. The van der Waals surface area contributed by atoms with Gasteiger partial charge in [0.2, 0.25) is 18.6 Å². The van der Waals surface area contributed by atoms with Crippen LogP contribution >= 0.6 is 23.1 Å². The van der Waals surface area contributed by atoms with Gasteiger partial charge in [0.1, 0.15) is 11.9 Å². The van der Waals surface area contributed by atoms with E-state index in [-0.39, 0.29) is 37.4 Å². The van der Waals surface area contributed by atoms with E-state index in [0.29, 0.717) is 46.8 Å². The second-order valence-corrected chi connectivity index (χ2v) is 11.7. The summed E-state index contributed by atoms with van der Waals surface area (Å²) < 4.78 is 10.8. The standard InChI is InChI=1S/C29H27N5O5S2/c1-2-24(27(36)31-17-9-11-22-23(14-17)39-16-38-22)41-29-33-20-8-4-3-7-19(20)26-32-21(28(37)34(26)29)10-12-25(35)30-15-18-6-5-13-40-18/h3-9,11,13-14,21,24H,2,10,12,15-16H2,1H3,(H,30,35)(H,31,36). The Morgan fingerprint density at radius 3 is 2.83 bits per heavy atom. The Morgan fingerprint density at radius 1 is 1.15 bits per heavy atom. The van der Waals surface area contributed by atoms with Crippen molar-refractivity contribution in [3.05, 3.63) is 70.4 Å². The van der Waals surface area contributed by atoms with Crippen molar-refractivity contribution in [1.82, 2.24) is 10.2 Å². The van der Waals surface area contributed by atoms with Crippen LogP contribution in [0.3, 0.4) is 0 Å². The molecule has 12 heteroatoms. The number of amidine groups is 2. The summed E-state index contributed by atoms with van der Waals surface area (Å²) in [7, 11) is 0. The Balaban J connectivity index is 1.16. The van der Waals surface area contributed by atoms with Crippen molar-refractivity contribution in [1.29, 1.82) is 0 Å². The second-order valence-electron chi connectivity index (χ2n) is 9.52. The number of carbonyl (C=O) groups excluding carboxylic acids is 3. The van der Waals surface area contributed by atoms with Crippen LogP contribution in [0.5, 0.6) is 11.5 Å². The van der Waals surface area contributed by atoms with E-state index in [4.69, 9.17) is 19.5 Å². The van der Waals surface area contributed by atoms with E-state index in [0.717, 1.165) is 10.4 Å². The van der Waals surface area contributed by atoms with Crippen molar-refractivity contribution in [3.8, 4) is 11.5 Å². The molecular weight excluding hydrogens is 562 g/mol. The Hall–Kier alpha value is -4.16. The van der Waals surface area contributed by atoms with Crippen LogP contribution in [-0.4, -0.2) is 51.7 Å². The van der Waals surface area contributed by atoms with E-state index in [1.165, 1.54) is 16.7 Å². The Kier molecular flexibility index (Phi) is 7.75. The minimum Gasteiger partial charge on any atom is -0.454 e. The third kappa shape index (κ3) is 5.70. The molecule has 0 radical (unpaired) electrons. The Morgan fingerprint density at radius 2 is 2.00 bits per heavy atom. The number of hydrogen-bond donors (Lipinski definition) is 2. The van der Waals surface area contributed by atoms with Crippen LogP contribution in [-0.2, 0) is 20.9 Å². The first kappa shape index (κ1) is 27.0. The van der Waals surface area contributed by atoms with Gasteiger partial charge in [0, 0.05) is 28.6 Å². The van der Waals surface area contributed by atoms with E-state index in [1.807, 2.05) is 48.7 Å². The number of carbonyl (C=O) groups is 3. The van der Waals surface area contributed by atoms with Crippen molar-refractivity contribution in [2.75, 3.05) is 12.1 Å². The van der Waals surface area contributed by atoms with Crippen molar-refractivity contribution in [2.45, 2.75) is 44.0 Å². The molecule has 41 heavy (non-hydrogen) atoms. The second kappa shape index (κ2) is 11.8. The molecular formula is C29H27N5O5S2. The molecule has 2 atom stereocenters. The number of rotatable bonds is 9. The maximum atomic E-state index is 13.6. The zero-order valence-electron chi connectivity index (χ0n) is 22.2. The minimum absolute atomic E-state index is 0.133. The Bertz CT molecular complexity index is 1550. The summed E-state index contributed by atoms with van der Waals surface area (Å²) in [4.78, 5) is 51.5. The molecule has 0 fully saturated rings. The normalized spacial score (nSPS) is 17.3. The first-order valence-electron chi connectivity index (χ1n) is 13.3. The van der Waals surface area contributed by atoms with Crippen molar-refractivity contribution in [3.63, 3.8) is 0 Å². The molecule has 0 saturated carbocycles. The highest BCUT2D eigenvalue weighted by Crippen LogP contribution is 2.37. The molecule has 0 bridgehead atoms. The molecule has 0 aliphatic carbocycles. The van der Waals surface area contributed by atoms with Crippen molar-refractivity contribution < 1.29 is 23.9 Å². The first-order chi connectivity index (χ1) is 20.0. The number of benzene rings is 2. The predicted molar refractivity (Wildman–Crippen MR) is 159 cm³/mol. The summed E-state index contributed by atoms with van der Waals surface area (Å²) >= 11 is 2.80. The lowest BCUT2D eigenvalue weighted by molar-refractivity contribution is -0.125. The number of ether oxygens (including phenoxy) is 2. The number of nitrogens with one attached hydrogen (secondary N) is 2. The van der Waals surface area contributed by atoms with Crippen molar-refractivity contribution in [2.24, 2.45) is 9.98 Å². The number of para-hydroxylation sites is 1. The molecule has 4 heterocycles. The topological polar surface area (TPSA) is 122 Å². The zero-order chi connectivity index (χ0) is 28.3. The molecule has 10 nitrogen and oxygen atoms in total. The summed E-state index contributed by atoms with van der Waals surface area (Å²) in [5.74, 6) is 1.10. The fourth-order valence-electron chi connectivity index (χ4n) is 4.67. The number of fused-ring (bicyclic) bond motifs is 4. The van der Waals surface area contributed by atoms with Crippen LogP contribution in [0.25, 0.3) is 0 Å². The van der Waals surface area contributed by atoms with Crippen molar-refractivity contribution >= 4 is 63.2 Å².